The molecule has 0 atom stereocenters. The lowest BCUT2D eigenvalue weighted by molar-refractivity contribution is -0.132. The minimum Gasteiger partial charge on any atom is -0.484 e. The molecular weight excluding hydrogens is 286 g/mol. The molecule has 0 heterocycles. The van der Waals surface area contributed by atoms with Crippen molar-refractivity contribution in [3.05, 3.63) is 64.7 Å². The number of hydrogen-bond acceptors (Lipinski definition) is 2. The van der Waals surface area contributed by atoms with Gasteiger partial charge in [0, 0.05) is 13.6 Å². The molecule has 3 heteroatoms. The maximum atomic E-state index is 12.2. The van der Waals surface area contributed by atoms with Crippen molar-refractivity contribution >= 4 is 5.91 Å². The third-order valence-corrected chi connectivity index (χ3v) is 4.12. The Morgan fingerprint density at radius 3 is 2.26 bits per heavy atom. The van der Waals surface area contributed by atoms with Crippen LogP contribution in [0.1, 0.15) is 29.2 Å². The van der Waals surface area contributed by atoms with Gasteiger partial charge in [-0.15, -0.1) is 0 Å². The van der Waals surface area contributed by atoms with Crippen LogP contribution < -0.4 is 4.74 Å². The molecule has 122 valence electrons. The van der Waals surface area contributed by atoms with Gasteiger partial charge in [0.05, 0.1) is 0 Å². The Bertz CT molecular complexity index is 662. The third-order valence-electron chi connectivity index (χ3n) is 4.12. The topological polar surface area (TPSA) is 29.5 Å². The summed E-state index contributed by atoms with van der Waals surface area (Å²) in [6, 6.07) is 14.2. The van der Waals surface area contributed by atoms with Crippen LogP contribution in [0.4, 0.5) is 0 Å². The molecule has 1 amide bonds. The van der Waals surface area contributed by atoms with E-state index in [4.69, 9.17) is 4.74 Å². The zero-order valence-electron chi connectivity index (χ0n) is 14.4. The van der Waals surface area contributed by atoms with Gasteiger partial charge in [-0.05, 0) is 54.7 Å². The minimum atomic E-state index is -0.0252. The van der Waals surface area contributed by atoms with Crippen LogP contribution in [0.2, 0.25) is 0 Å². The molecule has 2 aromatic rings. The molecule has 0 bridgehead atoms. The molecule has 0 aromatic heterocycles. The lowest BCUT2D eigenvalue weighted by Crippen LogP contribution is -2.30. The number of hydrogen-bond donors (Lipinski definition) is 0. The standard InChI is InChI=1S/C20H25NO2/c1-5-17-7-9-18(10-8-17)13-21(4)20(22)14-23-19-11-6-15(2)16(3)12-19/h6-12H,5,13-14H2,1-4H3. The first kappa shape index (κ1) is 17.1. The molecule has 0 aliphatic rings. The molecule has 0 radical (unpaired) electrons. The normalized spacial score (nSPS) is 10.4. The summed E-state index contributed by atoms with van der Waals surface area (Å²) in [6.07, 6.45) is 1.03. The van der Waals surface area contributed by atoms with Crippen LogP contribution in [0, 0.1) is 13.8 Å². The molecule has 0 aliphatic heterocycles. The SMILES string of the molecule is CCc1ccc(CN(C)C(=O)COc2ccc(C)c(C)c2)cc1. The van der Waals surface area contributed by atoms with E-state index in [1.165, 1.54) is 16.7 Å². The predicted molar refractivity (Wildman–Crippen MR) is 93.7 cm³/mol. The molecule has 0 saturated heterocycles. The second-order valence-electron chi connectivity index (χ2n) is 5.95. The van der Waals surface area contributed by atoms with E-state index in [9.17, 15) is 4.79 Å². The number of aryl methyl sites for hydroxylation is 3. The van der Waals surface area contributed by atoms with Gasteiger partial charge in [-0.25, -0.2) is 0 Å². The Hall–Kier alpha value is -2.29. The Labute approximate surface area is 138 Å². The van der Waals surface area contributed by atoms with Gasteiger partial charge in [-0.2, -0.15) is 0 Å². The van der Waals surface area contributed by atoms with Crippen LogP contribution in [0.15, 0.2) is 42.5 Å². The van der Waals surface area contributed by atoms with E-state index in [0.29, 0.717) is 6.54 Å². The van der Waals surface area contributed by atoms with Gasteiger partial charge in [0.25, 0.3) is 5.91 Å². The number of amides is 1. The van der Waals surface area contributed by atoms with E-state index in [1.807, 2.05) is 25.1 Å². The van der Waals surface area contributed by atoms with Crippen LogP contribution in [-0.4, -0.2) is 24.5 Å². The summed E-state index contributed by atoms with van der Waals surface area (Å²) in [7, 11) is 1.81. The van der Waals surface area contributed by atoms with Crippen molar-refractivity contribution < 1.29 is 9.53 Å². The second kappa shape index (κ2) is 7.82. The monoisotopic (exact) mass is 311 g/mol. The van der Waals surface area contributed by atoms with Crippen LogP contribution >= 0.6 is 0 Å². The van der Waals surface area contributed by atoms with E-state index in [2.05, 4.69) is 38.1 Å². The lowest BCUT2D eigenvalue weighted by atomic mass is 10.1. The fraction of sp³-hybridized carbons (Fsp3) is 0.350. The Balaban J connectivity index is 1.87. The quantitative estimate of drug-likeness (QED) is 0.809. The van der Waals surface area contributed by atoms with Crippen LogP contribution in [0.3, 0.4) is 0 Å². The zero-order valence-corrected chi connectivity index (χ0v) is 14.4. The summed E-state index contributed by atoms with van der Waals surface area (Å²) < 4.78 is 5.61. The second-order valence-corrected chi connectivity index (χ2v) is 5.95. The van der Waals surface area contributed by atoms with Crippen LogP contribution in [-0.2, 0) is 17.8 Å². The van der Waals surface area contributed by atoms with E-state index < -0.39 is 0 Å². The molecule has 0 spiro atoms. The smallest absolute Gasteiger partial charge is 0.260 e. The molecule has 0 aliphatic carbocycles. The van der Waals surface area contributed by atoms with Gasteiger partial charge in [-0.3, -0.25) is 4.79 Å². The van der Waals surface area contributed by atoms with E-state index in [1.54, 1.807) is 11.9 Å². The van der Waals surface area contributed by atoms with Crippen LogP contribution in [0.25, 0.3) is 0 Å². The molecule has 0 N–H and O–H groups in total. The van der Waals surface area contributed by atoms with Crippen molar-refractivity contribution in [3.63, 3.8) is 0 Å². The fourth-order valence-corrected chi connectivity index (χ4v) is 2.30. The number of carbonyl (C=O) groups excluding carboxylic acids is 1. The average Bonchev–Trinajstić information content (AvgIpc) is 2.56. The van der Waals surface area contributed by atoms with Gasteiger partial charge in [-0.1, -0.05) is 37.3 Å². The largest absolute Gasteiger partial charge is 0.484 e. The Morgan fingerprint density at radius 2 is 1.65 bits per heavy atom. The fourth-order valence-electron chi connectivity index (χ4n) is 2.30. The first-order valence-electron chi connectivity index (χ1n) is 8.01. The van der Waals surface area contributed by atoms with E-state index >= 15 is 0 Å². The molecule has 2 rings (SSSR count). The van der Waals surface area contributed by atoms with Crippen LogP contribution in [0.5, 0.6) is 5.75 Å². The zero-order chi connectivity index (χ0) is 16.8. The third kappa shape index (κ3) is 4.85. The molecule has 0 fully saturated rings. The summed E-state index contributed by atoms with van der Waals surface area (Å²) in [4.78, 5) is 13.9. The highest BCUT2D eigenvalue weighted by Gasteiger charge is 2.10. The average molecular weight is 311 g/mol. The van der Waals surface area contributed by atoms with E-state index in [0.717, 1.165) is 17.7 Å². The number of ether oxygens (including phenoxy) is 1. The summed E-state index contributed by atoms with van der Waals surface area (Å²) >= 11 is 0. The van der Waals surface area contributed by atoms with Gasteiger partial charge >= 0.3 is 0 Å². The van der Waals surface area contributed by atoms with Gasteiger partial charge < -0.3 is 9.64 Å². The summed E-state index contributed by atoms with van der Waals surface area (Å²) in [5.74, 6) is 0.713. The Kier molecular flexibility index (Phi) is 5.80. The summed E-state index contributed by atoms with van der Waals surface area (Å²) in [5, 5.41) is 0. The van der Waals surface area contributed by atoms with Gasteiger partial charge in [0.2, 0.25) is 0 Å². The van der Waals surface area contributed by atoms with Crippen molar-refractivity contribution in [2.24, 2.45) is 0 Å². The van der Waals surface area contributed by atoms with E-state index in [-0.39, 0.29) is 12.5 Å². The maximum absolute atomic E-state index is 12.2. The van der Waals surface area contributed by atoms with Crippen molar-refractivity contribution in [1.82, 2.24) is 4.90 Å². The molecule has 2 aromatic carbocycles. The number of rotatable bonds is 6. The first-order valence-corrected chi connectivity index (χ1v) is 8.01. The molecule has 0 saturated carbocycles. The van der Waals surface area contributed by atoms with Crippen molar-refractivity contribution in [2.45, 2.75) is 33.7 Å². The maximum Gasteiger partial charge on any atom is 0.260 e. The number of nitrogens with zero attached hydrogens (tertiary/aromatic N) is 1. The Morgan fingerprint density at radius 1 is 1.00 bits per heavy atom. The number of likely N-dealkylation sites (N-methyl/N-ethyl adjacent to an activating group) is 1. The highest BCUT2D eigenvalue weighted by Crippen LogP contribution is 2.16. The molecular formula is C20H25NO2. The van der Waals surface area contributed by atoms with Gasteiger partial charge in [0.15, 0.2) is 6.61 Å². The van der Waals surface area contributed by atoms with Crippen molar-refractivity contribution in [2.75, 3.05) is 13.7 Å². The number of carbonyl (C=O) groups is 1. The van der Waals surface area contributed by atoms with Crippen molar-refractivity contribution in [3.8, 4) is 5.75 Å². The first-order chi connectivity index (χ1) is 11.0. The summed E-state index contributed by atoms with van der Waals surface area (Å²) in [5.41, 5.74) is 4.82. The van der Waals surface area contributed by atoms with Crippen molar-refractivity contribution in [1.29, 1.82) is 0 Å². The number of benzene rings is 2. The van der Waals surface area contributed by atoms with Gasteiger partial charge in [0.1, 0.15) is 5.75 Å². The summed E-state index contributed by atoms with van der Waals surface area (Å²) in [6.45, 7) is 6.89. The minimum absolute atomic E-state index is 0.0252. The molecule has 23 heavy (non-hydrogen) atoms. The lowest BCUT2D eigenvalue weighted by Gasteiger charge is -2.18. The molecule has 0 unspecified atom stereocenters. The predicted octanol–water partition coefficient (Wildman–Crippen LogP) is 3.90. The highest BCUT2D eigenvalue weighted by molar-refractivity contribution is 5.77. The molecule has 3 nitrogen and oxygen atoms in total. The highest BCUT2D eigenvalue weighted by atomic mass is 16.5.